The van der Waals surface area contributed by atoms with E-state index in [-0.39, 0.29) is 65.7 Å². The maximum absolute atomic E-state index is 14.8. The molecule has 440 valence electrons. The number of hydrogen-bond donors (Lipinski definition) is 3. The van der Waals surface area contributed by atoms with Crippen molar-refractivity contribution in [2.24, 2.45) is 0 Å². The summed E-state index contributed by atoms with van der Waals surface area (Å²) in [5.74, 6) is -2.28. The molecular weight excluding hydrogens is 1090 g/mol. The molecule has 83 heavy (non-hydrogen) atoms. The monoisotopic (exact) mass is 1150 g/mol. The van der Waals surface area contributed by atoms with Gasteiger partial charge in [-0.3, -0.25) is 29.0 Å². The summed E-state index contributed by atoms with van der Waals surface area (Å²) in [5.41, 5.74) is 5.38. The van der Waals surface area contributed by atoms with E-state index in [1.165, 1.54) is 38.1 Å². The maximum Gasteiger partial charge on any atom is 0.416 e. The fourth-order valence-corrected chi connectivity index (χ4v) is 10.6. The molecule has 8 amide bonds. The van der Waals surface area contributed by atoms with Crippen LogP contribution in [0.2, 0.25) is 0 Å². The third-order valence-electron chi connectivity index (χ3n) is 15.3. The molecule has 4 heterocycles. The van der Waals surface area contributed by atoms with Gasteiger partial charge in [-0.1, -0.05) is 36.4 Å². The van der Waals surface area contributed by atoms with Gasteiger partial charge < -0.3 is 50.7 Å². The average molecular weight is 1150 g/mol. The number of hydrogen-bond acceptors (Lipinski definition) is 11. The van der Waals surface area contributed by atoms with Gasteiger partial charge in [0.05, 0.1) is 57.4 Å². The van der Waals surface area contributed by atoms with Gasteiger partial charge in [0.1, 0.15) is 13.1 Å². The largest absolute Gasteiger partial charge is 0.416 e. The molecule has 0 saturated carbocycles. The van der Waals surface area contributed by atoms with Crippen molar-refractivity contribution < 1.29 is 55.1 Å². The van der Waals surface area contributed by atoms with E-state index in [1.807, 2.05) is 30.0 Å². The number of rotatable bonds is 16. The maximum atomic E-state index is 14.8. The van der Waals surface area contributed by atoms with Crippen molar-refractivity contribution in [1.82, 2.24) is 44.9 Å². The quantitative estimate of drug-likeness (QED) is 0.0863. The molecular formula is C58H65F6N13O6. The number of alkyl halides is 6. The fraction of sp³-hybridized carbons (Fsp3) is 0.397. The number of carbonyl (C=O) groups excluding carboxylic acids is 6. The topological polar surface area (TPSA) is 205 Å². The van der Waals surface area contributed by atoms with Crippen LogP contribution in [0.3, 0.4) is 0 Å². The smallest absolute Gasteiger partial charge is 0.399 e. The van der Waals surface area contributed by atoms with Crippen molar-refractivity contribution in [3.8, 4) is 6.07 Å². The summed E-state index contributed by atoms with van der Waals surface area (Å²) in [4.78, 5) is 101. The van der Waals surface area contributed by atoms with Crippen LogP contribution in [-0.4, -0.2) is 183 Å². The molecule has 0 aliphatic carbocycles. The van der Waals surface area contributed by atoms with Crippen LogP contribution in [0, 0.1) is 11.3 Å². The lowest BCUT2D eigenvalue weighted by molar-refractivity contribution is -0.138. The Bertz CT molecular complexity index is 3200. The fourth-order valence-electron chi connectivity index (χ4n) is 10.6. The molecule has 4 aromatic rings. The zero-order valence-corrected chi connectivity index (χ0v) is 46.6. The number of allylic oxidation sites excluding steroid dienone is 2. The zero-order chi connectivity index (χ0) is 60.1. The lowest BCUT2D eigenvalue weighted by Crippen LogP contribution is -2.56. The molecule has 0 bridgehead atoms. The Morgan fingerprint density at radius 3 is 1.34 bits per heavy atom. The van der Waals surface area contributed by atoms with E-state index >= 15 is 0 Å². The number of urea groups is 2. The number of nitrogens with two attached hydrogens (primary N) is 1. The van der Waals surface area contributed by atoms with Crippen LogP contribution in [0.1, 0.15) is 53.7 Å². The summed E-state index contributed by atoms with van der Waals surface area (Å²) < 4.78 is 84.6. The standard InChI is InChI=1S/C58H65F6N13O6/c1-37-49(53(80)72-28-24-70(4)25-29-72)51(40-14-12-39(34-65)13-15-40)74(55(82)76(37)45-10-6-8-42(32-45)57(59,60)61)35-47(78)67-20-22-69(3)23-21-68-48(79)36-75-52(41-16-18-44(66)19-17-41)50(54(81)73-30-26-71(5)27-31-73)38(2)77(56(75)83)46-11-7-9-43(33-46)58(62,63)64/h6-19,32-33,51-52H,20-31,35-36,66H2,1-5H3,(H,67,78)(H,68,79)/t51-,52-/m1/s1. The Balaban J connectivity index is 0.981. The summed E-state index contributed by atoms with van der Waals surface area (Å²) >= 11 is 0. The number of piperazine rings is 2. The number of benzene rings is 4. The van der Waals surface area contributed by atoms with Gasteiger partial charge >= 0.3 is 24.4 Å². The molecule has 19 nitrogen and oxygen atoms in total. The SMILES string of the molecule is CC1=C(C(=O)N2CCN(C)CC2)[C@@H](c2ccc(N)cc2)N(CC(=O)NCCN(C)CCNC(=O)CN2C(=O)N(c3cccc(C(F)(F)F)c3)C(C)=C(C(=O)N3CCN(C)CC3)[C@H]2c2ccc(C#N)cc2)C(=O)N1c1cccc(C(F)(F)F)c1. The Kier molecular flexibility index (Phi) is 18.5. The summed E-state index contributed by atoms with van der Waals surface area (Å²) in [6, 6.07) is 18.7. The Labute approximate surface area is 476 Å². The van der Waals surface area contributed by atoms with Gasteiger partial charge in [0.2, 0.25) is 11.8 Å². The second-order valence-corrected chi connectivity index (χ2v) is 21.0. The van der Waals surface area contributed by atoms with Crippen molar-refractivity contribution >= 4 is 52.8 Å². The van der Waals surface area contributed by atoms with Crippen LogP contribution in [0.5, 0.6) is 0 Å². The first-order valence-corrected chi connectivity index (χ1v) is 26.9. The lowest BCUT2D eigenvalue weighted by atomic mass is 9.91. The Morgan fingerprint density at radius 1 is 0.602 bits per heavy atom. The van der Waals surface area contributed by atoms with Crippen LogP contribution in [-0.2, 0) is 31.5 Å². The Hall–Kier alpha value is -8.47. The van der Waals surface area contributed by atoms with Crippen molar-refractivity contribution in [2.75, 3.05) is 128 Å². The number of nitrogens with zero attached hydrogens (tertiary/aromatic N) is 10. The van der Waals surface area contributed by atoms with Gasteiger partial charge in [-0.25, -0.2) is 9.59 Å². The molecule has 4 aromatic carbocycles. The third kappa shape index (κ3) is 13.7. The summed E-state index contributed by atoms with van der Waals surface area (Å²) in [6.45, 7) is 5.51. The van der Waals surface area contributed by atoms with Crippen LogP contribution < -0.4 is 26.2 Å². The normalized spacial score (nSPS) is 18.7. The highest BCUT2D eigenvalue weighted by molar-refractivity contribution is 6.07. The molecule has 0 unspecified atom stereocenters. The number of nitrogens with one attached hydrogen (secondary N) is 2. The average Bonchev–Trinajstić information content (AvgIpc) is 2.52. The van der Waals surface area contributed by atoms with Crippen molar-refractivity contribution in [3.63, 3.8) is 0 Å². The van der Waals surface area contributed by atoms with Gasteiger partial charge in [-0.15, -0.1) is 0 Å². The van der Waals surface area contributed by atoms with E-state index < -0.39 is 84.3 Å². The molecule has 4 aliphatic rings. The lowest BCUT2D eigenvalue weighted by Gasteiger charge is -2.44. The minimum Gasteiger partial charge on any atom is -0.399 e. The predicted octanol–water partition coefficient (Wildman–Crippen LogP) is 6.11. The number of nitriles is 1. The van der Waals surface area contributed by atoms with Crippen LogP contribution in [0.15, 0.2) is 120 Å². The summed E-state index contributed by atoms with van der Waals surface area (Å²) in [7, 11) is 5.51. The number of halogens is 6. The zero-order valence-electron chi connectivity index (χ0n) is 46.6. The predicted molar refractivity (Wildman–Crippen MR) is 297 cm³/mol. The van der Waals surface area contributed by atoms with E-state index in [0.29, 0.717) is 69.2 Å². The number of anilines is 3. The molecule has 4 N–H and O–H groups in total. The molecule has 8 rings (SSSR count). The molecule has 25 heteroatoms. The van der Waals surface area contributed by atoms with Crippen LogP contribution in [0.25, 0.3) is 0 Å². The number of likely N-dealkylation sites (N-methyl/N-ethyl adjacent to an activating group) is 3. The molecule has 2 atom stereocenters. The van der Waals surface area contributed by atoms with Crippen LogP contribution in [0.4, 0.5) is 53.0 Å². The molecule has 2 fully saturated rings. The third-order valence-corrected chi connectivity index (χ3v) is 15.3. The van der Waals surface area contributed by atoms with Gasteiger partial charge in [-0.05, 0) is 107 Å². The second kappa shape index (κ2) is 25.3. The van der Waals surface area contributed by atoms with Gasteiger partial charge in [0.25, 0.3) is 11.8 Å². The highest BCUT2D eigenvalue weighted by Gasteiger charge is 2.47. The first-order chi connectivity index (χ1) is 39.4. The van der Waals surface area contributed by atoms with Crippen molar-refractivity contribution in [3.05, 3.63) is 147 Å². The highest BCUT2D eigenvalue weighted by Crippen LogP contribution is 2.44. The molecule has 4 aliphatic heterocycles. The van der Waals surface area contributed by atoms with Crippen molar-refractivity contribution in [2.45, 2.75) is 38.3 Å². The first-order valence-electron chi connectivity index (χ1n) is 26.9. The second-order valence-electron chi connectivity index (χ2n) is 21.0. The summed E-state index contributed by atoms with van der Waals surface area (Å²) in [6.07, 6.45) is -9.54. The number of carbonyl (C=O) groups is 6. The molecule has 0 aromatic heterocycles. The van der Waals surface area contributed by atoms with E-state index in [4.69, 9.17) is 5.73 Å². The first kappa shape index (κ1) is 60.6. The number of nitrogen functional groups attached to an aromatic ring is 1. The summed E-state index contributed by atoms with van der Waals surface area (Å²) in [5, 5.41) is 15.2. The van der Waals surface area contributed by atoms with Gasteiger partial charge in [0, 0.05) is 95.6 Å². The molecule has 0 spiro atoms. The van der Waals surface area contributed by atoms with Crippen molar-refractivity contribution in [1.29, 1.82) is 5.26 Å². The Morgan fingerprint density at radius 2 is 0.976 bits per heavy atom. The highest BCUT2D eigenvalue weighted by atomic mass is 19.4. The van der Waals surface area contributed by atoms with E-state index in [0.717, 1.165) is 56.0 Å². The van der Waals surface area contributed by atoms with Gasteiger partial charge in [-0.2, -0.15) is 31.6 Å². The number of amides is 8. The minimum absolute atomic E-state index is 0.00114. The van der Waals surface area contributed by atoms with E-state index in [2.05, 4.69) is 10.6 Å². The van der Waals surface area contributed by atoms with E-state index in [1.54, 1.807) is 58.1 Å². The van der Waals surface area contributed by atoms with Gasteiger partial charge in [0.15, 0.2) is 0 Å². The minimum atomic E-state index is -4.78. The molecule has 0 radical (unpaired) electrons. The van der Waals surface area contributed by atoms with E-state index in [9.17, 15) is 60.4 Å². The van der Waals surface area contributed by atoms with Crippen LogP contribution >= 0.6 is 0 Å². The molecule has 2 saturated heterocycles.